The predicted octanol–water partition coefficient (Wildman–Crippen LogP) is 3.10. The van der Waals surface area contributed by atoms with Crippen LogP contribution in [0.5, 0.6) is 0 Å². The topological polar surface area (TPSA) is 20.2 Å². The Morgan fingerprint density at radius 2 is 2.36 bits per heavy atom. The maximum atomic E-state index is 13.5. The first-order valence-electron chi connectivity index (χ1n) is 4.76. The molecule has 1 aliphatic rings. The molecule has 1 N–H and O–H groups in total. The normalized spacial score (nSPS) is 30.4. The van der Waals surface area contributed by atoms with E-state index in [1.54, 1.807) is 12.1 Å². The summed E-state index contributed by atoms with van der Waals surface area (Å²) < 4.78 is 13.5. The number of hydrogen-bond donors (Lipinski definition) is 1. The SMILES string of the molecule is CCC1CC1(O)c1ccc(Cl)cc1F. The van der Waals surface area contributed by atoms with Crippen molar-refractivity contribution in [3.63, 3.8) is 0 Å². The maximum absolute atomic E-state index is 13.5. The van der Waals surface area contributed by atoms with Crippen LogP contribution in [0.1, 0.15) is 25.3 Å². The monoisotopic (exact) mass is 214 g/mol. The smallest absolute Gasteiger partial charge is 0.130 e. The van der Waals surface area contributed by atoms with Crippen molar-refractivity contribution in [3.8, 4) is 0 Å². The van der Waals surface area contributed by atoms with Crippen molar-refractivity contribution < 1.29 is 9.50 Å². The third-order valence-electron chi connectivity index (χ3n) is 2.96. The number of aliphatic hydroxyl groups is 1. The van der Waals surface area contributed by atoms with Gasteiger partial charge in [0, 0.05) is 10.6 Å². The van der Waals surface area contributed by atoms with Gasteiger partial charge >= 0.3 is 0 Å². The summed E-state index contributed by atoms with van der Waals surface area (Å²) in [7, 11) is 0. The van der Waals surface area contributed by atoms with Gasteiger partial charge in [0.15, 0.2) is 0 Å². The summed E-state index contributed by atoms with van der Waals surface area (Å²) in [5, 5.41) is 10.4. The first-order chi connectivity index (χ1) is 6.58. The fourth-order valence-electron chi connectivity index (χ4n) is 1.97. The van der Waals surface area contributed by atoms with E-state index in [1.807, 2.05) is 6.92 Å². The first kappa shape index (κ1) is 9.94. The number of rotatable bonds is 2. The van der Waals surface area contributed by atoms with Crippen molar-refractivity contribution in [1.29, 1.82) is 0 Å². The summed E-state index contributed by atoms with van der Waals surface area (Å²) >= 11 is 5.64. The van der Waals surface area contributed by atoms with Crippen LogP contribution in [0, 0.1) is 11.7 Å². The van der Waals surface area contributed by atoms with Gasteiger partial charge < -0.3 is 5.11 Å². The molecule has 1 saturated carbocycles. The molecule has 0 bridgehead atoms. The first-order valence-corrected chi connectivity index (χ1v) is 5.13. The van der Waals surface area contributed by atoms with E-state index in [0.717, 1.165) is 6.42 Å². The quantitative estimate of drug-likeness (QED) is 0.802. The fraction of sp³-hybridized carbons (Fsp3) is 0.455. The van der Waals surface area contributed by atoms with Crippen LogP contribution in [-0.2, 0) is 5.60 Å². The molecule has 0 radical (unpaired) electrons. The maximum Gasteiger partial charge on any atom is 0.130 e. The van der Waals surface area contributed by atoms with Gasteiger partial charge in [-0.3, -0.25) is 0 Å². The van der Waals surface area contributed by atoms with E-state index in [1.165, 1.54) is 6.07 Å². The van der Waals surface area contributed by atoms with Gasteiger partial charge in [-0.25, -0.2) is 4.39 Å². The minimum Gasteiger partial charge on any atom is -0.385 e. The number of halogens is 2. The zero-order valence-electron chi connectivity index (χ0n) is 7.93. The lowest BCUT2D eigenvalue weighted by atomic mass is 10.0. The van der Waals surface area contributed by atoms with Crippen molar-refractivity contribution in [2.24, 2.45) is 5.92 Å². The molecule has 2 unspecified atom stereocenters. The lowest BCUT2D eigenvalue weighted by Crippen LogP contribution is -2.10. The van der Waals surface area contributed by atoms with Gasteiger partial charge in [0.2, 0.25) is 0 Å². The van der Waals surface area contributed by atoms with Gasteiger partial charge in [0.25, 0.3) is 0 Å². The van der Waals surface area contributed by atoms with Crippen molar-refractivity contribution >= 4 is 11.6 Å². The zero-order valence-corrected chi connectivity index (χ0v) is 8.68. The Kier molecular flexibility index (Phi) is 2.28. The minimum absolute atomic E-state index is 0.193. The fourth-order valence-corrected chi connectivity index (χ4v) is 2.13. The summed E-state index contributed by atoms with van der Waals surface area (Å²) in [6.07, 6.45) is 1.53. The summed E-state index contributed by atoms with van der Waals surface area (Å²) in [6, 6.07) is 4.44. The van der Waals surface area contributed by atoms with Gasteiger partial charge in [-0.2, -0.15) is 0 Å². The van der Waals surface area contributed by atoms with Gasteiger partial charge in [-0.15, -0.1) is 0 Å². The Morgan fingerprint density at radius 1 is 1.64 bits per heavy atom. The van der Waals surface area contributed by atoms with E-state index in [9.17, 15) is 9.50 Å². The molecule has 0 aromatic heterocycles. The third-order valence-corrected chi connectivity index (χ3v) is 3.20. The van der Waals surface area contributed by atoms with Gasteiger partial charge in [-0.05, 0) is 24.5 Å². The Labute approximate surface area is 87.5 Å². The van der Waals surface area contributed by atoms with Crippen molar-refractivity contribution in [3.05, 3.63) is 34.6 Å². The second kappa shape index (κ2) is 3.21. The summed E-state index contributed by atoms with van der Waals surface area (Å²) in [5.74, 6) is -0.214. The molecule has 76 valence electrons. The summed E-state index contributed by atoms with van der Waals surface area (Å²) in [6.45, 7) is 2.00. The Hall–Kier alpha value is -0.600. The minimum atomic E-state index is -0.941. The largest absolute Gasteiger partial charge is 0.385 e. The van der Waals surface area contributed by atoms with E-state index in [-0.39, 0.29) is 5.92 Å². The van der Waals surface area contributed by atoms with E-state index in [4.69, 9.17) is 11.6 Å². The van der Waals surface area contributed by atoms with Gasteiger partial charge in [0.1, 0.15) is 5.82 Å². The molecule has 1 aromatic rings. The number of hydrogen-bond acceptors (Lipinski definition) is 1. The molecule has 1 fully saturated rings. The Morgan fingerprint density at radius 3 is 2.86 bits per heavy atom. The Bertz CT molecular complexity index is 366. The molecule has 1 aromatic carbocycles. The molecule has 0 spiro atoms. The van der Waals surface area contributed by atoms with Crippen LogP contribution in [-0.4, -0.2) is 5.11 Å². The standard InChI is InChI=1S/C11H12ClFO/c1-2-7-6-11(7,14)9-4-3-8(12)5-10(9)13/h3-5,7,14H,2,6H2,1H3. The van der Waals surface area contributed by atoms with Crippen LogP contribution in [0.3, 0.4) is 0 Å². The highest BCUT2D eigenvalue weighted by Gasteiger charge is 2.54. The lowest BCUT2D eigenvalue weighted by Gasteiger charge is -2.11. The second-order valence-electron chi connectivity index (χ2n) is 3.86. The zero-order chi connectivity index (χ0) is 10.3. The van der Waals surface area contributed by atoms with Crippen LogP contribution in [0.2, 0.25) is 5.02 Å². The van der Waals surface area contributed by atoms with Crippen molar-refractivity contribution in [2.75, 3.05) is 0 Å². The molecule has 2 atom stereocenters. The van der Waals surface area contributed by atoms with Crippen LogP contribution >= 0.6 is 11.6 Å². The average molecular weight is 215 g/mol. The molecule has 0 amide bonds. The van der Waals surface area contributed by atoms with Crippen LogP contribution in [0.15, 0.2) is 18.2 Å². The molecule has 1 aliphatic carbocycles. The van der Waals surface area contributed by atoms with Crippen LogP contribution in [0.4, 0.5) is 4.39 Å². The summed E-state index contributed by atoms with van der Waals surface area (Å²) in [4.78, 5) is 0. The lowest BCUT2D eigenvalue weighted by molar-refractivity contribution is 0.126. The summed E-state index contributed by atoms with van der Waals surface area (Å²) in [5.41, 5.74) is -0.558. The van der Waals surface area contributed by atoms with Crippen molar-refractivity contribution in [2.45, 2.75) is 25.4 Å². The molecular formula is C11H12ClFO. The molecule has 14 heavy (non-hydrogen) atoms. The van der Waals surface area contributed by atoms with E-state index < -0.39 is 11.4 Å². The molecule has 1 nitrogen and oxygen atoms in total. The third kappa shape index (κ3) is 1.43. The van der Waals surface area contributed by atoms with Crippen molar-refractivity contribution in [1.82, 2.24) is 0 Å². The van der Waals surface area contributed by atoms with E-state index in [0.29, 0.717) is 17.0 Å². The highest BCUT2D eigenvalue weighted by atomic mass is 35.5. The van der Waals surface area contributed by atoms with Crippen LogP contribution < -0.4 is 0 Å². The highest BCUT2D eigenvalue weighted by molar-refractivity contribution is 6.30. The van der Waals surface area contributed by atoms with E-state index >= 15 is 0 Å². The molecule has 0 heterocycles. The molecule has 3 heteroatoms. The highest BCUT2D eigenvalue weighted by Crippen LogP contribution is 2.54. The number of benzene rings is 1. The van der Waals surface area contributed by atoms with Crippen LogP contribution in [0.25, 0.3) is 0 Å². The Balaban J connectivity index is 2.34. The molecule has 2 rings (SSSR count). The second-order valence-corrected chi connectivity index (χ2v) is 4.29. The average Bonchev–Trinajstić information content (AvgIpc) is 2.77. The molecular weight excluding hydrogens is 203 g/mol. The molecule has 0 aliphatic heterocycles. The molecule has 0 saturated heterocycles. The predicted molar refractivity (Wildman–Crippen MR) is 53.7 cm³/mol. The van der Waals surface area contributed by atoms with Gasteiger partial charge in [-0.1, -0.05) is 31.0 Å². The van der Waals surface area contributed by atoms with Gasteiger partial charge in [0.05, 0.1) is 5.60 Å². The van der Waals surface area contributed by atoms with E-state index in [2.05, 4.69) is 0 Å².